The lowest BCUT2D eigenvalue weighted by Crippen LogP contribution is -2.48. The first kappa shape index (κ1) is 17.2. The fourth-order valence-corrected chi connectivity index (χ4v) is 3.28. The minimum absolute atomic E-state index is 0.0826. The Balaban J connectivity index is 2.20. The molecule has 1 heterocycles. The van der Waals surface area contributed by atoms with Crippen molar-refractivity contribution in [3.05, 3.63) is 33.7 Å². The first-order valence-corrected chi connectivity index (χ1v) is 8.07. The zero-order chi connectivity index (χ0) is 17.0. The summed E-state index contributed by atoms with van der Waals surface area (Å²) in [5.74, 6) is -0.931. The van der Waals surface area contributed by atoms with E-state index in [1.807, 2.05) is 13.8 Å². The Morgan fingerprint density at radius 1 is 1.30 bits per heavy atom. The van der Waals surface area contributed by atoms with Crippen molar-refractivity contribution in [2.24, 2.45) is 5.92 Å². The van der Waals surface area contributed by atoms with E-state index in [0.717, 1.165) is 18.5 Å². The number of carbonyl (C=O) groups is 2. The monoisotopic (exact) mass is 320 g/mol. The molecule has 126 valence electrons. The Hall–Kier alpha value is -2.11. The summed E-state index contributed by atoms with van der Waals surface area (Å²) in [6, 6.07) is 2.95. The quantitative estimate of drug-likeness (QED) is 0.747. The minimum atomic E-state index is -0.918. The van der Waals surface area contributed by atoms with Gasteiger partial charge in [0.15, 0.2) is 0 Å². The molecule has 0 unspecified atom stereocenters. The van der Waals surface area contributed by atoms with E-state index >= 15 is 0 Å². The summed E-state index contributed by atoms with van der Waals surface area (Å²) in [6.45, 7) is 4.07. The second-order valence-electron chi connectivity index (χ2n) is 6.87. The lowest BCUT2D eigenvalue weighted by Gasteiger charge is -2.28. The number of pyridine rings is 1. The fraction of sp³-hybridized carbons (Fsp3) is 0.588. The van der Waals surface area contributed by atoms with E-state index in [0.29, 0.717) is 30.7 Å². The normalized spacial score (nSPS) is 16.5. The second-order valence-corrected chi connectivity index (χ2v) is 6.87. The molecular formula is C17H24N2O4. The molecule has 2 rings (SSSR count). The summed E-state index contributed by atoms with van der Waals surface area (Å²) >= 11 is 0. The molecule has 1 aromatic heterocycles. The van der Waals surface area contributed by atoms with Crippen LogP contribution in [-0.2, 0) is 11.2 Å². The van der Waals surface area contributed by atoms with Gasteiger partial charge in [-0.3, -0.25) is 14.4 Å². The number of rotatable bonds is 6. The van der Waals surface area contributed by atoms with Crippen LogP contribution in [0.5, 0.6) is 0 Å². The van der Waals surface area contributed by atoms with E-state index in [1.165, 1.54) is 6.07 Å². The first-order chi connectivity index (χ1) is 10.8. The molecule has 0 aliphatic heterocycles. The van der Waals surface area contributed by atoms with Gasteiger partial charge in [0.05, 0.1) is 12.0 Å². The smallest absolute Gasteiger partial charge is 0.305 e. The second kappa shape index (κ2) is 6.98. The van der Waals surface area contributed by atoms with Gasteiger partial charge in [-0.05, 0) is 31.2 Å². The molecule has 1 aromatic rings. The molecule has 23 heavy (non-hydrogen) atoms. The number of carbonyl (C=O) groups excluding carboxylic acids is 1. The predicted molar refractivity (Wildman–Crippen MR) is 86.5 cm³/mol. The van der Waals surface area contributed by atoms with Gasteiger partial charge in [0.2, 0.25) is 5.56 Å². The molecule has 0 bridgehead atoms. The topological polar surface area (TPSA) is 99.3 Å². The number of carboxylic acids is 1. The van der Waals surface area contributed by atoms with Crippen LogP contribution in [0.2, 0.25) is 0 Å². The van der Waals surface area contributed by atoms with Crippen LogP contribution in [0.15, 0.2) is 16.9 Å². The van der Waals surface area contributed by atoms with Crippen LogP contribution in [0.3, 0.4) is 0 Å². The number of amides is 1. The van der Waals surface area contributed by atoms with Crippen LogP contribution in [0, 0.1) is 5.92 Å². The molecule has 0 aromatic carbocycles. The van der Waals surface area contributed by atoms with Gasteiger partial charge in [0.25, 0.3) is 5.91 Å². The van der Waals surface area contributed by atoms with Crippen molar-refractivity contribution in [2.75, 3.05) is 0 Å². The third-order valence-corrected chi connectivity index (χ3v) is 4.22. The molecule has 1 amide bonds. The summed E-state index contributed by atoms with van der Waals surface area (Å²) in [6.07, 6.45) is 3.72. The van der Waals surface area contributed by atoms with Gasteiger partial charge in [-0.2, -0.15) is 0 Å². The molecule has 1 saturated carbocycles. The van der Waals surface area contributed by atoms with Gasteiger partial charge >= 0.3 is 5.97 Å². The molecule has 1 aliphatic carbocycles. The van der Waals surface area contributed by atoms with Crippen LogP contribution >= 0.6 is 0 Å². The third kappa shape index (κ3) is 4.68. The van der Waals surface area contributed by atoms with Gasteiger partial charge in [0.1, 0.15) is 0 Å². The largest absolute Gasteiger partial charge is 0.481 e. The van der Waals surface area contributed by atoms with Crippen LogP contribution in [-0.4, -0.2) is 27.5 Å². The fourth-order valence-electron chi connectivity index (χ4n) is 3.28. The molecule has 0 atom stereocenters. The van der Waals surface area contributed by atoms with Crippen LogP contribution < -0.4 is 10.9 Å². The summed E-state index contributed by atoms with van der Waals surface area (Å²) < 4.78 is 0. The zero-order valence-electron chi connectivity index (χ0n) is 13.6. The molecule has 6 heteroatoms. The SMILES string of the molecule is CC(C)Cc1cc(C(=O)NC2(CC(=O)O)CCCC2)cc(=O)[nH]1. The van der Waals surface area contributed by atoms with Crippen molar-refractivity contribution in [2.45, 2.75) is 57.9 Å². The van der Waals surface area contributed by atoms with E-state index in [1.54, 1.807) is 6.07 Å². The molecule has 0 saturated heterocycles. The maximum Gasteiger partial charge on any atom is 0.305 e. The molecule has 1 fully saturated rings. The van der Waals surface area contributed by atoms with E-state index in [-0.39, 0.29) is 17.9 Å². The predicted octanol–water partition coefficient (Wildman–Crippen LogP) is 2.09. The first-order valence-electron chi connectivity index (χ1n) is 8.07. The van der Waals surface area contributed by atoms with Crippen molar-refractivity contribution >= 4 is 11.9 Å². The Morgan fingerprint density at radius 3 is 2.52 bits per heavy atom. The third-order valence-electron chi connectivity index (χ3n) is 4.22. The van der Waals surface area contributed by atoms with Crippen molar-refractivity contribution in [1.29, 1.82) is 0 Å². The summed E-state index contributed by atoms with van der Waals surface area (Å²) in [4.78, 5) is 38.1. The number of H-pyrrole nitrogens is 1. The van der Waals surface area contributed by atoms with Crippen LogP contribution in [0.25, 0.3) is 0 Å². The highest BCUT2D eigenvalue weighted by Crippen LogP contribution is 2.32. The minimum Gasteiger partial charge on any atom is -0.481 e. The van der Waals surface area contributed by atoms with Crippen molar-refractivity contribution in [1.82, 2.24) is 10.3 Å². The number of aromatic amines is 1. The molecule has 0 spiro atoms. The Labute approximate surface area is 135 Å². The molecular weight excluding hydrogens is 296 g/mol. The number of aromatic nitrogens is 1. The summed E-state index contributed by atoms with van der Waals surface area (Å²) in [5.41, 5.74) is 0.00780. The summed E-state index contributed by atoms with van der Waals surface area (Å²) in [7, 11) is 0. The van der Waals surface area contributed by atoms with Gasteiger partial charge in [0, 0.05) is 17.3 Å². The Morgan fingerprint density at radius 2 is 1.96 bits per heavy atom. The van der Waals surface area contributed by atoms with Crippen LogP contribution in [0.1, 0.15) is 62.0 Å². The van der Waals surface area contributed by atoms with Crippen molar-refractivity contribution < 1.29 is 14.7 Å². The molecule has 0 radical (unpaired) electrons. The highest BCUT2D eigenvalue weighted by atomic mass is 16.4. The standard InChI is InChI=1S/C17H24N2O4/c1-11(2)7-13-8-12(9-14(20)18-13)16(23)19-17(10-15(21)22)5-3-4-6-17/h8-9,11H,3-7,10H2,1-2H3,(H,18,20)(H,19,23)(H,21,22). The van der Waals surface area contributed by atoms with Crippen LogP contribution in [0.4, 0.5) is 0 Å². The van der Waals surface area contributed by atoms with E-state index in [9.17, 15) is 14.4 Å². The number of carboxylic acid groups (broad SMARTS) is 1. The highest BCUT2D eigenvalue weighted by molar-refractivity contribution is 5.95. The maximum absolute atomic E-state index is 12.5. The Kier molecular flexibility index (Phi) is 5.23. The average Bonchev–Trinajstić information content (AvgIpc) is 2.84. The molecule has 1 aliphatic rings. The van der Waals surface area contributed by atoms with Crippen molar-refractivity contribution in [3.63, 3.8) is 0 Å². The maximum atomic E-state index is 12.5. The van der Waals surface area contributed by atoms with Gasteiger partial charge in [-0.1, -0.05) is 26.7 Å². The van der Waals surface area contributed by atoms with Gasteiger partial charge in [-0.25, -0.2) is 0 Å². The van der Waals surface area contributed by atoms with E-state index in [4.69, 9.17) is 5.11 Å². The van der Waals surface area contributed by atoms with E-state index in [2.05, 4.69) is 10.3 Å². The highest BCUT2D eigenvalue weighted by Gasteiger charge is 2.37. The number of nitrogens with one attached hydrogen (secondary N) is 2. The number of hydrogen-bond acceptors (Lipinski definition) is 3. The zero-order valence-corrected chi connectivity index (χ0v) is 13.6. The van der Waals surface area contributed by atoms with E-state index < -0.39 is 11.5 Å². The lowest BCUT2D eigenvalue weighted by molar-refractivity contribution is -0.138. The summed E-state index contributed by atoms with van der Waals surface area (Å²) in [5, 5.41) is 12.0. The average molecular weight is 320 g/mol. The number of aliphatic carboxylic acids is 1. The number of hydrogen-bond donors (Lipinski definition) is 3. The molecule has 3 N–H and O–H groups in total. The lowest BCUT2D eigenvalue weighted by atomic mass is 9.92. The van der Waals surface area contributed by atoms with Gasteiger partial charge in [-0.15, -0.1) is 0 Å². The van der Waals surface area contributed by atoms with Crippen molar-refractivity contribution in [3.8, 4) is 0 Å². The molecule has 6 nitrogen and oxygen atoms in total. The van der Waals surface area contributed by atoms with Gasteiger partial charge < -0.3 is 15.4 Å². The Bertz CT molecular complexity index is 642.